The van der Waals surface area contributed by atoms with Crippen molar-refractivity contribution >= 4 is 5.97 Å². The molecule has 0 aromatic carbocycles. The number of carbonyl (C=O) groups excluding carboxylic acids is 1. The highest BCUT2D eigenvalue weighted by Gasteiger charge is 2.37. The lowest BCUT2D eigenvalue weighted by Crippen LogP contribution is -2.34. The van der Waals surface area contributed by atoms with Crippen LogP contribution in [0.15, 0.2) is 0 Å². The molecule has 0 heterocycles. The summed E-state index contributed by atoms with van der Waals surface area (Å²) in [6.07, 6.45) is 4.44. The minimum absolute atomic E-state index is 0.0735. The molecule has 1 saturated carbocycles. The van der Waals surface area contributed by atoms with Crippen molar-refractivity contribution in [1.29, 1.82) is 0 Å². The smallest absolute Gasteiger partial charge is 0.305 e. The van der Waals surface area contributed by atoms with Crippen LogP contribution in [0.1, 0.15) is 39.5 Å². The Bertz CT molecular complexity index is 171. The summed E-state index contributed by atoms with van der Waals surface area (Å²) in [5.41, 5.74) is 0.411. The molecule has 1 unspecified atom stereocenters. The Morgan fingerprint density at radius 1 is 1.58 bits per heavy atom. The molecule has 1 rings (SSSR count). The van der Waals surface area contributed by atoms with E-state index in [0.29, 0.717) is 17.8 Å². The Hall–Kier alpha value is -0.530. The third-order valence-corrected chi connectivity index (χ3v) is 3.39. The van der Waals surface area contributed by atoms with E-state index in [0.717, 1.165) is 0 Å². The van der Waals surface area contributed by atoms with E-state index >= 15 is 0 Å². The molecule has 1 fully saturated rings. The molecular formula is C10H18O2. The molecule has 1 atom stereocenters. The molecular weight excluding hydrogens is 152 g/mol. The average molecular weight is 170 g/mol. The van der Waals surface area contributed by atoms with E-state index in [1.807, 2.05) is 0 Å². The lowest BCUT2D eigenvalue weighted by atomic mass is 9.62. The molecule has 1 aliphatic carbocycles. The number of hydrogen-bond donors (Lipinski definition) is 0. The van der Waals surface area contributed by atoms with Crippen molar-refractivity contribution in [3.63, 3.8) is 0 Å². The molecule has 0 radical (unpaired) electrons. The molecule has 2 nitrogen and oxygen atoms in total. The highest BCUT2D eigenvalue weighted by atomic mass is 16.5. The Morgan fingerprint density at radius 2 is 2.17 bits per heavy atom. The molecule has 0 aromatic heterocycles. The van der Waals surface area contributed by atoms with Crippen LogP contribution in [-0.2, 0) is 9.53 Å². The van der Waals surface area contributed by atoms with Crippen molar-refractivity contribution < 1.29 is 9.53 Å². The zero-order valence-corrected chi connectivity index (χ0v) is 8.22. The van der Waals surface area contributed by atoms with Crippen LogP contribution in [0.5, 0.6) is 0 Å². The molecule has 0 spiro atoms. The first-order chi connectivity index (χ1) is 5.58. The van der Waals surface area contributed by atoms with Gasteiger partial charge in [0.25, 0.3) is 0 Å². The largest absolute Gasteiger partial charge is 0.469 e. The third kappa shape index (κ3) is 1.79. The standard InChI is InChI=1S/C10H18O2/c1-8(7-9(11)12-3)10(2)5-4-6-10/h8H,4-7H2,1-3H3. The second-order valence-corrected chi connectivity index (χ2v) is 4.19. The fourth-order valence-corrected chi connectivity index (χ4v) is 1.81. The van der Waals surface area contributed by atoms with Crippen LogP contribution in [-0.4, -0.2) is 13.1 Å². The molecule has 0 aliphatic heterocycles. The Kier molecular flexibility index (Phi) is 2.76. The third-order valence-electron chi connectivity index (χ3n) is 3.39. The zero-order valence-electron chi connectivity index (χ0n) is 8.22. The Balaban J connectivity index is 2.37. The Morgan fingerprint density at radius 3 is 2.50 bits per heavy atom. The van der Waals surface area contributed by atoms with Gasteiger partial charge in [0, 0.05) is 6.42 Å². The van der Waals surface area contributed by atoms with Crippen LogP contribution in [0, 0.1) is 11.3 Å². The van der Waals surface area contributed by atoms with Crippen LogP contribution < -0.4 is 0 Å². The van der Waals surface area contributed by atoms with Crippen LogP contribution in [0.3, 0.4) is 0 Å². The number of rotatable bonds is 3. The molecule has 0 N–H and O–H groups in total. The number of methoxy groups -OCH3 is 1. The van der Waals surface area contributed by atoms with Crippen LogP contribution in [0.25, 0.3) is 0 Å². The summed E-state index contributed by atoms with van der Waals surface area (Å²) < 4.78 is 4.65. The SMILES string of the molecule is COC(=O)CC(C)C1(C)CCC1. The summed E-state index contributed by atoms with van der Waals surface area (Å²) in [6, 6.07) is 0. The highest BCUT2D eigenvalue weighted by Crippen LogP contribution is 2.47. The maximum Gasteiger partial charge on any atom is 0.305 e. The maximum absolute atomic E-state index is 11.0. The van der Waals surface area contributed by atoms with Crippen molar-refractivity contribution in [1.82, 2.24) is 0 Å². The second kappa shape index (κ2) is 3.46. The fourth-order valence-electron chi connectivity index (χ4n) is 1.81. The van der Waals surface area contributed by atoms with E-state index in [2.05, 4.69) is 18.6 Å². The van der Waals surface area contributed by atoms with Gasteiger partial charge in [-0.05, 0) is 24.2 Å². The average Bonchev–Trinajstić information content (AvgIpc) is 1.99. The van der Waals surface area contributed by atoms with Gasteiger partial charge >= 0.3 is 5.97 Å². The molecule has 70 valence electrons. The number of ether oxygens (including phenoxy) is 1. The number of hydrogen-bond acceptors (Lipinski definition) is 2. The molecule has 0 amide bonds. The molecule has 12 heavy (non-hydrogen) atoms. The van der Waals surface area contributed by atoms with Crippen LogP contribution in [0.2, 0.25) is 0 Å². The number of esters is 1. The summed E-state index contributed by atoms with van der Waals surface area (Å²) in [5.74, 6) is 0.398. The minimum Gasteiger partial charge on any atom is -0.469 e. The predicted octanol–water partition coefficient (Wildman–Crippen LogP) is 2.38. The monoisotopic (exact) mass is 170 g/mol. The predicted molar refractivity (Wildman–Crippen MR) is 47.8 cm³/mol. The summed E-state index contributed by atoms with van der Waals surface area (Å²) in [6.45, 7) is 4.42. The van der Waals surface area contributed by atoms with Gasteiger partial charge in [0.2, 0.25) is 0 Å². The van der Waals surface area contributed by atoms with Gasteiger partial charge in [-0.3, -0.25) is 4.79 Å². The van der Waals surface area contributed by atoms with E-state index in [1.54, 1.807) is 0 Å². The first kappa shape index (κ1) is 9.56. The lowest BCUT2D eigenvalue weighted by Gasteiger charge is -2.43. The van der Waals surface area contributed by atoms with Crippen molar-refractivity contribution in [2.45, 2.75) is 39.5 Å². The molecule has 0 bridgehead atoms. The summed E-state index contributed by atoms with van der Waals surface area (Å²) in [5, 5.41) is 0. The van der Waals surface area contributed by atoms with E-state index < -0.39 is 0 Å². The van der Waals surface area contributed by atoms with E-state index in [4.69, 9.17) is 0 Å². The van der Waals surface area contributed by atoms with E-state index in [9.17, 15) is 4.79 Å². The van der Waals surface area contributed by atoms with Gasteiger partial charge < -0.3 is 4.74 Å². The zero-order chi connectivity index (χ0) is 9.19. The highest BCUT2D eigenvalue weighted by molar-refractivity contribution is 5.69. The number of carbonyl (C=O) groups is 1. The lowest BCUT2D eigenvalue weighted by molar-refractivity contribution is -0.143. The van der Waals surface area contributed by atoms with Gasteiger partial charge in [0.15, 0.2) is 0 Å². The van der Waals surface area contributed by atoms with E-state index in [1.165, 1.54) is 26.4 Å². The van der Waals surface area contributed by atoms with Crippen LogP contribution >= 0.6 is 0 Å². The normalized spacial score (nSPS) is 22.6. The quantitative estimate of drug-likeness (QED) is 0.608. The molecule has 0 aromatic rings. The first-order valence-corrected chi connectivity index (χ1v) is 4.65. The fraction of sp³-hybridized carbons (Fsp3) is 0.900. The van der Waals surface area contributed by atoms with Gasteiger partial charge in [-0.1, -0.05) is 20.3 Å². The maximum atomic E-state index is 11.0. The van der Waals surface area contributed by atoms with Crippen molar-refractivity contribution in [2.24, 2.45) is 11.3 Å². The van der Waals surface area contributed by atoms with Gasteiger partial charge in [0.05, 0.1) is 7.11 Å². The molecule has 0 saturated heterocycles. The van der Waals surface area contributed by atoms with Gasteiger partial charge in [-0.2, -0.15) is 0 Å². The van der Waals surface area contributed by atoms with Crippen molar-refractivity contribution in [3.8, 4) is 0 Å². The van der Waals surface area contributed by atoms with Gasteiger partial charge in [-0.15, -0.1) is 0 Å². The van der Waals surface area contributed by atoms with Crippen molar-refractivity contribution in [3.05, 3.63) is 0 Å². The van der Waals surface area contributed by atoms with Gasteiger partial charge in [-0.25, -0.2) is 0 Å². The Labute approximate surface area is 74.3 Å². The topological polar surface area (TPSA) is 26.3 Å². The molecule has 2 heteroatoms. The first-order valence-electron chi connectivity index (χ1n) is 4.65. The molecule has 1 aliphatic rings. The summed E-state index contributed by atoms with van der Waals surface area (Å²) in [7, 11) is 1.46. The minimum atomic E-state index is -0.0735. The van der Waals surface area contributed by atoms with Gasteiger partial charge in [0.1, 0.15) is 0 Å². The summed E-state index contributed by atoms with van der Waals surface area (Å²) >= 11 is 0. The summed E-state index contributed by atoms with van der Waals surface area (Å²) in [4.78, 5) is 11.0. The second-order valence-electron chi connectivity index (χ2n) is 4.19. The van der Waals surface area contributed by atoms with E-state index in [-0.39, 0.29) is 5.97 Å². The van der Waals surface area contributed by atoms with Crippen LogP contribution in [0.4, 0.5) is 0 Å². The van der Waals surface area contributed by atoms with Crippen molar-refractivity contribution in [2.75, 3.05) is 7.11 Å².